The number of fused-ring (bicyclic) bond motifs is 1. The van der Waals surface area contributed by atoms with Crippen molar-refractivity contribution in [1.29, 1.82) is 0 Å². The Morgan fingerprint density at radius 3 is 2.43 bits per heavy atom. The van der Waals surface area contributed by atoms with Crippen LogP contribution in [0.4, 0.5) is 10.1 Å². The highest BCUT2D eigenvalue weighted by Crippen LogP contribution is 2.29. The normalized spacial score (nSPS) is 19.5. The highest BCUT2D eigenvalue weighted by Gasteiger charge is 2.31. The molecule has 184 valence electrons. The minimum absolute atomic E-state index is 0.112. The Morgan fingerprint density at radius 1 is 1.11 bits per heavy atom. The fraction of sp³-hybridized carbons (Fsp3) is 0.370. The van der Waals surface area contributed by atoms with E-state index in [1.54, 1.807) is 25.7 Å². The van der Waals surface area contributed by atoms with Crippen molar-refractivity contribution >= 4 is 34.2 Å². The average molecular weight is 479 g/mol. The molecule has 35 heavy (non-hydrogen) atoms. The van der Waals surface area contributed by atoms with Crippen LogP contribution in [-0.4, -0.2) is 70.6 Å². The second-order valence-electron chi connectivity index (χ2n) is 9.51. The van der Waals surface area contributed by atoms with Crippen LogP contribution in [0.2, 0.25) is 0 Å². The number of aromatic nitrogens is 1. The van der Waals surface area contributed by atoms with Crippen molar-refractivity contribution in [2.45, 2.75) is 32.5 Å². The molecule has 1 amide bonds. The molecule has 1 aliphatic heterocycles. The number of likely N-dealkylation sites (N-methyl/N-ethyl adjacent to an activating group) is 1. The van der Waals surface area contributed by atoms with Gasteiger partial charge in [0.25, 0.3) is 5.91 Å². The van der Waals surface area contributed by atoms with Gasteiger partial charge in [-0.3, -0.25) is 9.69 Å². The van der Waals surface area contributed by atoms with Gasteiger partial charge in [-0.25, -0.2) is 9.18 Å². The number of rotatable bonds is 4. The predicted molar refractivity (Wildman–Crippen MR) is 135 cm³/mol. The number of nitrogens with zero attached hydrogens (tertiary/aromatic N) is 4. The number of halogens is 1. The van der Waals surface area contributed by atoms with E-state index in [0.717, 1.165) is 29.9 Å². The quantitative estimate of drug-likeness (QED) is 0.618. The van der Waals surface area contributed by atoms with Crippen molar-refractivity contribution in [2.75, 3.05) is 32.1 Å². The van der Waals surface area contributed by atoms with E-state index in [2.05, 4.69) is 23.6 Å². The van der Waals surface area contributed by atoms with Crippen LogP contribution in [0.1, 0.15) is 19.4 Å². The number of hydrogen-bond acceptors (Lipinski definition) is 5. The molecule has 1 fully saturated rings. The van der Waals surface area contributed by atoms with Crippen LogP contribution < -0.4 is 15.5 Å². The monoisotopic (exact) mass is 478 g/mol. The highest BCUT2D eigenvalue weighted by atomic mass is 19.1. The maximum atomic E-state index is 13.3. The van der Waals surface area contributed by atoms with Crippen molar-refractivity contribution in [3.05, 3.63) is 64.4 Å². The van der Waals surface area contributed by atoms with E-state index < -0.39 is 11.7 Å². The minimum Gasteiger partial charge on any atom is -0.503 e. The van der Waals surface area contributed by atoms with Crippen LogP contribution in [0.3, 0.4) is 0 Å². The van der Waals surface area contributed by atoms with Gasteiger partial charge in [-0.05, 0) is 43.7 Å². The number of carbonyl (C=O) groups is 1. The Balaban J connectivity index is 1.80. The first-order chi connectivity index (χ1) is 16.6. The van der Waals surface area contributed by atoms with E-state index in [-0.39, 0.29) is 28.5 Å². The number of hydrogen-bond donors (Lipinski definition) is 1. The number of anilines is 1. The van der Waals surface area contributed by atoms with E-state index in [1.807, 2.05) is 36.3 Å². The molecular weight excluding hydrogens is 447 g/mol. The molecule has 1 N–H and O–H groups in total. The zero-order valence-electron chi connectivity index (χ0n) is 20.7. The second-order valence-corrected chi connectivity index (χ2v) is 9.51. The van der Waals surface area contributed by atoms with Crippen LogP contribution in [-0.2, 0) is 23.2 Å². The third-order valence-corrected chi connectivity index (χ3v) is 6.87. The van der Waals surface area contributed by atoms with Gasteiger partial charge < -0.3 is 19.5 Å². The molecule has 7 nitrogen and oxygen atoms in total. The van der Waals surface area contributed by atoms with Gasteiger partial charge in [-0.1, -0.05) is 18.2 Å². The first-order valence-electron chi connectivity index (χ1n) is 11.7. The smallest absolute Gasteiger partial charge is 0.288 e. The standard InChI is InChI=1S/C27H31FN4O3/c1-17-14-32(18(2)13-31(17)15-19-9-11-20(28)12-10-19)22-8-6-7-21-24(22)25(23(16-33)30(21)5)26(34)27(35)29(3)4/h6-12,17-18,34H,13-15H2,1-5H3. The SMILES string of the molecule is CC1CN(c2cccc3c2c(=C(O)C(=O)N(C)C)c(=C=O)n3C)C(C)CN1Cc1ccc(F)cc1. The van der Waals surface area contributed by atoms with E-state index in [1.165, 1.54) is 17.0 Å². The van der Waals surface area contributed by atoms with Crippen LogP contribution >= 0.6 is 0 Å². The van der Waals surface area contributed by atoms with Crippen LogP contribution in [0, 0.1) is 5.82 Å². The summed E-state index contributed by atoms with van der Waals surface area (Å²) in [4.78, 5) is 30.5. The lowest BCUT2D eigenvalue weighted by molar-refractivity contribution is -0.124. The third kappa shape index (κ3) is 4.43. The van der Waals surface area contributed by atoms with Gasteiger partial charge in [0, 0.05) is 63.9 Å². The summed E-state index contributed by atoms with van der Waals surface area (Å²) in [6.07, 6.45) is 0. The summed E-state index contributed by atoms with van der Waals surface area (Å²) in [5.41, 5.74) is 2.65. The van der Waals surface area contributed by atoms with Gasteiger partial charge in [0.15, 0.2) is 11.7 Å². The van der Waals surface area contributed by atoms with Crippen molar-refractivity contribution in [2.24, 2.45) is 7.05 Å². The second kappa shape index (κ2) is 9.56. The number of carbonyl (C=O) groups excluding carboxylic acids is 2. The van der Waals surface area contributed by atoms with E-state index in [0.29, 0.717) is 11.9 Å². The molecule has 2 aromatic carbocycles. The molecule has 3 aromatic rings. The van der Waals surface area contributed by atoms with Gasteiger partial charge in [0.2, 0.25) is 0 Å². The molecule has 1 aromatic heterocycles. The van der Waals surface area contributed by atoms with Gasteiger partial charge in [-0.2, -0.15) is 0 Å². The molecule has 2 unspecified atom stereocenters. The van der Waals surface area contributed by atoms with Gasteiger partial charge in [-0.15, -0.1) is 0 Å². The van der Waals surface area contributed by atoms with Crippen molar-refractivity contribution in [3.63, 3.8) is 0 Å². The van der Waals surface area contributed by atoms with Crippen molar-refractivity contribution in [1.82, 2.24) is 14.4 Å². The zero-order valence-corrected chi connectivity index (χ0v) is 20.7. The lowest BCUT2D eigenvalue weighted by atomic mass is 10.0. The lowest BCUT2D eigenvalue weighted by Crippen LogP contribution is -2.56. The minimum atomic E-state index is -0.575. The number of aryl methyl sites for hydroxylation is 1. The topological polar surface area (TPSA) is 69.0 Å². The van der Waals surface area contributed by atoms with Crippen molar-refractivity contribution in [3.8, 4) is 0 Å². The Bertz CT molecular complexity index is 1410. The first kappa shape index (κ1) is 24.5. The number of aliphatic hydroxyl groups excluding tert-OH is 1. The molecule has 1 saturated heterocycles. The molecular formula is C27H31FN4O3. The molecule has 2 atom stereocenters. The van der Waals surface area contributed by atoms with Crippen molar-refractivity contribution < 1.29 is 19.1 Å². The molecule has 0 radical (unpaired) electrons. The Morgan fingerprint density at radius 2 is 1.80 bits per heavy atom. The number of piperazine rings is 1. The van der Waals surface area contributed by atoms with E-state index in [9.17, 15) is 19.1 Å². The van der Waals surface area contributed by atoms with Gasteiger partial charge >= 0.3 is 0 Å². The largest absolute Gasteiger partial charge is 0.503 e. The average Bonchev–Trinajstić information content (AvgIpc) is 3.13. The Labute approximate surface area is 204 Å². The van der Waals surface area contributed by atoms with E-state index >= 15 is 0 Å². The summed E-state index contributed by atoms with van der Waals surface area (Å²) in [5, 5.41) is 11.9. The summed E-state index contributed by atoms with van der Waals surface area (Å²) in [7, 11) is 4.84. The fourth-order valence-corrected chi connectivity index (χ4v) is 4.96. The van der Waals surface area contributed by atoms with Crippen LogP contribution in [0.5, 0.6) is 0 Å². The molecule has 0 aliphatic carbocycles. The lowest BCUT2D eigenvalue weighted by Gasteiger charge is -2.45. The molecule has 2 heterocycles. The number of aliphatic hydroxyl groups is 1. The summed E-state index contributed by atoms with van der Waals surface area (Å²) in [5.74, 6) is 0.635. The van der Waals surface area contributed by atoms with Gasteiger partial charge in [0.05, 0.1) is 10.7 Å². The first-order valence-corrected chi connectivity index (χ1v) is 11.7. The Kier molecular flexibility index (Phi) is 6.70. The third-order valence-electron chi connectivity index (χ3n) is 6.87. The molecule has 8 heteroatoms. The maximum Gasteiger partial charge on any atom is 0.288 e. The summed E-state index contributed by atoms with van der Waals surface area (Å²) < 4.78 is 15.0. The van der Waals surface area contributed by atoms with Crippen LogP contribution in [0.15, 0.2) is 42.5 Å². The molecule has 0 saturated carbocycles. The molecule has 1 aliphatic rings. The zero-order chi connectivity index (χ0) is 25.4. The number of amides is 1. The van der Waals surface area contributed by atoms with E-state index in [4.69, 9.17) is 0 Å². The summed E-state index contributed by atoms with van der Waals surface area (Å²) >= 11 is 0. The summed E-state index contributed by atoms with van der Waals surface area (Å²) in [6.45, 7) is 6.48. The van der Waals surface area contributed by atoms with Gasteiger partial charge in [0.1, 0.15) is 11.2 Å². The Hall–Kier alpha value is -3.61. The maximum absolute atomic E-state index is 13.3. The number of benzene rings is 2. The molecule has 0 bridgehead atoms. The van der Waals surface area contributed by atoms with Crippen LogP contribution in [0.25, 0.3) is 16.7 Å². The summed E-state index contributed by atoms with van der Waals surface area (Å²) in [6, 6.07) is 12.7. The fourth-order valence-electron chi connectivity index (χ4n) is 4.96. The molecule has 0 spiro atoms. The predicted octanol–water partition coefficient (Wildman–Crippen LogP) is 1.67. The molecule has 4 rings (SSSR count). The highest BCUT2D eigenvalue weighted by molar-refractivity contribution is 6.12.